The molecule has 0 N–H and O–H groups in total. The van der Waals surface area contributed by atoms with Crippen molar-refractivity contribution in [3.8, 4) is 5.75 Å². The van der Waals surface area contributed by atoms with E-state index in [9.17, 15) is 14.4 Å². The number of carbonyl (C=O) groups excluding carboxylic acids is 3. The lowest BCUT2D eigenvalue weighted by Gasteiger charge is -2.13. The predicted octanol–water partition coefficient (Wildman–Crippen LogP) is 2.78. The molecular weight excluding hydrogens is 334 g/mol. The molecule has 1 aliphatic heterocycles. The quantitative estimate of drug-likeness (QED) is 0.797. The number of imide groups is 1. The summed E-state index contributed by atoms with van der Waals surface area (Å²) in [5.74, 6) is -1.94. The Morgan fingerprint density at radius 1 is 1.08 bits per heavy atom. The van der Waals surface area contributed by atoms with Gasteiger partial charge in [-0.3, -0.25) is 9.59 Å². The van der Waals surface area contributed by atoms with Gasteiger partial charge in [0.15, 0.2) is 6.61 Å². The number of nitrogens with zero attached hydrogens (tertiary/aromatic N) is 1. The third-order valence-electron chi connectivity index (χ3n) is 3.38. The van der Waals surface area contributed by atoms with Crippen LogP contribution in [0.25, 0.3) is 0 Å². The maximum absolute atomic E-state index is 12.1. The van der Waals surface area contributed by atoms with Crippen molar-refractivity contribution in [3.63, 3.8) is 0 Å². The van der Waals surface area contributed by atoms with Gasteiger partial charge in [-0.05, 0) is 36.8 Å². The Kier molecular flexibility index (Phi) is 4.22. The highest BCUT2D eigenvalue weighted by atomic mass is 35.5. The van der Waals surface area contributed by atoms with Crippen LogP contribution >= 0.6 is 11.6 Å². The maximum Gasteiger partial charge on any atom is 0.370 e. The van der Waals surface area contributed by atoms with E-state index in [4.69, 9.17) is 21.2 Å². The number of hydrogen-bond acceptors (Lipinski definition) is 5. The van der Waals surface area contributed by atoms with Gasteiger partial charge in [0.1, 0.15) is 5.75 Å². The molecule has 0 saturated carbocycles. The molecule has 7 heteroatoms. The Morgan fingerprint density at radius 3 is 2.33 bits per heavy atom. The van der Waals surface area contributed by atoms with E-state index >= 15 is 0 Å². The largest absolute Gasteiger partial charge is 0.480 e. The van der Waals surface area contributed by atoms with Crippen molar-refractivity contribution in [2.75, 3.05) is 6.61 Å². The summed E-state index contributed by atoms with van der Waals surface area (Å²) in [6.07, 6.45) is 0. The normalized spacial score (nSPS) is 13.0. The van der Waals surface area contributed by atoms with Gasteiger partial charge in [0.05, 0.1) is 16.1 Å². The highest BCUT2D eigenvalue weighted by Gasteiger charge is 2.38. The number of hydrogen-bond donors (Lipinski definition) is 0. The van der Waals surface area contributed by atoms with E-state index in [-0.39, 0.29) is 11.1 Å². The molecule has 0 aromatic heterocycles. The Hall–Kier alpha value is -2.86. The van der Waals surface area contributed by atoms with Gasteiger partial charge in [0.25, 0.3) is 11.8 Å². The summed E-state index contributed by atoms with van der Waals surface area (Å²) in [5, 5.41) is 0.780. The number of amides is 2. The lowest BCUT2D eigenvalue weighted by molar-refractivity contribution is -0.170. The molecule has 2 aromatic carbocycles. The van der Waals surface area contributed by atoms with Crippen LogP contribution in [0, 0.1) is 6.92 Å². The first-order chi connectivity index (χ1) is 11.5. The molecule has 6 nitrogen and oxygen atoms in total. The minimum atomic E-state index is -0.887. The molecule has 2 aromatic rings. The summed E-state index contributed by atoms with van der Waals surface area (Å²) in [6.45, 7) is 1.36. The molecule has 0 spiro atoms. The fraction of sp³-hybridized carbons (Fsp3) is 0.118. The molecule has 0 saturated heterocycles. The van der Waals surface area contributed by atoms with Crippen molar-refractivity contribution < 1.29 is 24.0 Å². The smallest absolute Gasteiger partial charge is 0.370 e. The standard InChI is InChI=1S/C17H12ClNO5/c1-10-6-7-13(18)14(8-10)23-9-15(20)24-19-16(21)11-4-2-3-5-12(11)17(19)22/h2-8H,9H2,1H3. The highest BCUT2D eigenvalue weighted by Crippen LogP contribution is 2.26. The van der Waals surface area contributed by atoms with E-state index in [2.05, 4.69) is 0 Å². The van der Waals surface area contributed by atoms with Crippen LogP contribution in [0.2, 0.25) is 5.02 Å². The van der Waals surface area contributed by atoms with Crippen molar-refractivity contribution in [2.24, 2.45) is 0 Å². The molecule has 3 rings (SSSR count). The van der Waals surface area contributed by atoms with Crippen LogP contribution in [0.5, 0.6) is 5.75 Å². The Labute approximate surface area is 142 Å². The molecule has 2 amide bonds. The highest BCUT2D eigenvalue weighted by molar-refractivity contribution is 6.32. The number of benzene rings is 2. The zero-order valence-electron chi connectivity index (χ0n) is 12.6. The van der Waals surface area contributed by atoms with E-state index in [1.54, 1.807) is 30.3 Å². The molecule has 0 unspecified atom stereocenters. The van der Waals surface area contributed by atoms with Crippen LogP contribution in [-0.2, 0) is 9.63 Å². The van der Waals surface area contributed by atoms with Crippen molar-refractivity contribution in [3.05, 3.63) is 64.2 Å². The molecular formula is C17H12ClNO5. The first-order valence-corrected chi connectivity index (χ1v) is 7.42. The van der Waals surface area contributed by atoms with Gasteiger partial charge in [-0.2, -0.15) is 0 Å². The lowest BCUT2D eigenvalue weighted by Crippen LogP contribution is -2.34. The fourth-order valence-corrected chi connectivity index (χ4v) is 2.41. The Balaban J connectivity index is 1.65. The van der Waals surface area contributed by atoms with Crippen molar-refractivity contribution in [1.82, 2.24) is 5.06 Å². The summed E-state index contributed by atoms with van der Waals surface area (Å²) in [5.41, 5.74) is 1.29. The van der Waals surface area contributed by atoms with E-state index in [0.717, 1.165) is 5.56 Å². The van der Waals surface area contributed by atoms with Crippen LogP contribution in [0.15, 0.2) is 42.5 Å². The Bertz CT molecular complexity index is 814. The molecule has 0 fully saturated rings. The van der Waals surface area contributed by atoms with Crippen LogP contribution in [0.4, 0.5) is 0 Å². The number of ether oxygens (including phenoxy) is 1. The van der Waals surface area contributed by atoms with Gasteiger partial charge in [-0.1, -0.05) is 34.9 Å². The van der Waals surface area contributed by atoms with Gasteiger partial charge in [-0.15, -0.1) is 0 Å². The summed E-state index contributed by atoms with van der Waals surface area (Å²) >= 11 is 5.96. The minimum absolute atomic E-state index is 0.193. The second-order valence-corrected chi connectivity index (χ2v) is 5.54. The summed E-state index contributed by atoms with van der Waals surface area (Å²) in [4.78, 5) is 40.9. The Morgan fingerprint density at radius 2 is 1.71 bits per heavy atom. The minimum Gasteiger partial charge on any atom is -0.480 e. The average molecular weight is 346 g/mol. The topological polar surface area (TPSA) is 72.9 Å². The molecule has 1 heterocycles. The lowest BCUT2D eigenvalue weighted by atomic mass is 10.1. The van der Waals surface area contributed by atoms with Crippen LogP contribution in [0.3, 0.4) is 0 Å². The van der Waals surface area contributed by atoms with Crippen molar-refractivity contribution in [1.29, 1.82) is 0 Å². The zero-order valence-corrected chi connectivity index (χ0v) is 13.4. The fourth-order valence-electron chi connectivity index (χ4n) is 2.24. The second kappa shape index (κ2) is 6.33. The van der Waals surface area contributed by atoms with Gasteiger partial charge in [-0.25, -0.2) is 4.79 Å². The monoisotopic (exact) mass is 345 g/mol. The zero-order chi connectivity index (χ0) is 17.3. The number of aryl methyl sites for hydroxylation is 1. The van der Waals surface area contributed by atoms with Gasteiger partial charge < -0.3 is 9.57 Å². The third kappa shape index (κ3) is 2.96. The molecule has 0 radical (unpaired) electrons. The van der Waals surface area contributed by atoms with Gasteiger partial charge >= 0.3 is 5.97 Å². The number of hydroxylamine groups is 2. The van der Waals surface area contributed by atoms with Crippen LogP contribution in [0.1, 0.15) is 26.3 Å². The first kappa shape index (κ1) is 16.0. The average Bonchev–Trinajstić information content (AvgIpc) is 2.81. The van der Waals surface area contributed by atoms with Crippen molar-refractivity contribution in [2.45, 2.75) is 6.92 Å². The molecule has 0 atom stereocenters. The third-order valence-corrected chi connectivity index (χ3v) is 3.69. The SMILES string of the molecule is Cc1ccc(Cl)c(OCC(=O)ON2C(=O)c3ccccc3C2=O)c1. The molecule has 122 valence electrons. The molecule has 24 heavy (non-hydrogen) atoms. The summed E-state index contributed by atoms with van der Waals surface area (Å²) in [7, 11) is 0. The number of carbonyl (C=O) groups is 3. The summed E-state index contributed by atoms with van der Waals surface area (Å²) < 4.78 is 5.28. The molecule has 0 aliphatic carbocycles. The van der Waals surface area contributed by atoms with Gasteiger partial charge in [0, 0.05) is 0 Å². The number of fused-ring (bicyclic) bond motifs is 1. The van der Waals surface area contributed by atoms with E-state index in [1.165, 1.54) is 12.1 Å². The maximum atomic E-state index is 12.1. The number of rotatable bonds is 4. The second-order valence-electron chi connectivity index (χ2n) is 5.14. The predicted molar refractivity (Wildman–Crippen MR) is 84.7 cm³/mol. The number of halogens is 1. The molecule has 1 aliphatic rings. The molecule has 0 bridgehead atoms. The summed E-state index contributed by atoms with van der Waals surface area (Å²) in [6, 6.07) is 11.3. The van der Waals surface area contributed by atoms with Crippen LogP contribution in [-0.4, -0.2) is 29.5 Å². The van der Waals surface area contributed by atoms with Crippen LogP contribution < -0.4 is 4.74 Å². The van der Waals surface area contributed by atoms with E-state index in [1.807, 2.05) is 6.92 Å². The first-order valence-electron chi connectivity index (χ1n) is 7.05. The van der Waals surface area contributed by atoms with E-state index in [0.29, 0.717) is 15.8 Å². The van der Waals surface area contributed by atoms with E-state index < -0.39 is 24.4 Å². The van der Waals surface area contributed by atoms with Gasteiger partial charge in [0.2, 0.25) is 0 Å². The van der Waals surface area contributed by atoms with Crippen molar-refractivity contribution >= 4 is 29.4 Å².